The van der Waals surface area contributed by atoms with Crippen molar-refractivity contribution in [3.63, 3.8) is 0 Å². The van der Waals surface area contributed by atoms with Gasteiger partial charge in [-0.2, -0.15) is 5.26 Å². The normalized spacial score (nSPS) is 21.2. The molecule has 0 saturated heterocycles. The van der Waals surface area contributed by atoms with Crippen LogP contribution < -0.4 is 4.74 Å². The number of nitrogens with one attached hydrogen (secondary N) is 1. The topological polar surface area (TPSA) is 100 Å². The fourth-order valence-electron chi connectivity index (χ4n) is 3.48. The average molecular weight is 422 g/mol. The molecule has 0 aromatic heterocycles. The number of hydrogen-bond donors (Lipinski definition) is 1. The van der Waals surface area contributed by atoms with E-state index in [1.165, 1.54) is 12.1 Å². The van der Waals surface area contributed by atoms with E-state index >= 15 is 0 Å². The van der Waals surface area contributed by atoms with Gasteiger partial charge in [0.15, 0.2) is 4.32 Å². The molecule has 0 fully saturated rings. The number of rotatable bonds is 2. The van der Waals surface area contributed by atoms with Gasteiger partial charge in [0.05, 0.1) is 16.9 Å². The molecule has 27 heavy (non-hydrogen) atoms. The Morgan fingerprint density at radius 2 is 1.85 bits per heavy atom. The Labute approximate surface area is 162 Å². The van der Waals surface area contributed by atoms with Crippen molar-refractivity contribution < 1.29 is 9.66 Å². The number of benzene rings is 3. The highest BCUT2D eigenvalue weighted by Crippen LogP contribution is 2.51. The van der Waals surface area contributed by atoms with E-state index in [4.69, 9.17) is 10.1 Å². The summed E-state index contributed by atoms with van der Waals surface area (Å²) >= 11 is 3.42. The zero-order valence-electron chi connectivity index (χ0n) is 13.8. The maximum absolute atomic E-state index is 11.0. The Bertz CT molecular complexity index is 1140. The van der Waals surface area contributed by atoms with E-state index in [9.17, 15) is 15.4 Å². The van der Waals surface area contributed by atoms with Crippen LogP contribution in [0.25, 0.3) is 10.8 Å². The third-order valence-corrected chi connectivity index (χ3v) is 5.75. The third-order valence-electron chi connectivity index (χ3n) is 4.76. The highest BCUT2D eigenvalue weighted by atomic mass is 79.9. The molecule has 3 aromatic carbocycles. The minimum atomic E-state index is -1.42. The lowest BCUT2D eigenvalue weighted by Gasteiger charge is -2.37. The molecule has 0 spiro atoms. The predicted molar refractivity (Wildman–Crippen MR) is 105 cm³/mol. The van der Waals surface area contributed by atoms with Crippen LogP contribution in [-0.4, -0.2) is 15.1 Å². The van der Waals surface area contributed by atoms with Crippen LogP contribution in [0, 0.1) is 26.9 Å². The Balaban J connectivity index is 2.03. The lowest BCUT2D eigenvalue weighted by Crippen LogP contribution is -2.44. The van der Waals surface area contributed by atoms with Gasteiger partial charge in [-0.3, -0.25) is 15.5 Å². The average Bonchev–Trinajstić information content (AvgIpc) is 2.69. The Morgan fingerprint density at radius 3 is 2.52 bits per heavy atom. The summed E-state index contributed by atoms with van der Waals surface area (Å²) in [6.07, 6.45) is 0. The number of nitro benzene ring substituents is 1. The van der Waals surface area contributed by atoms with E-state index in [-0.39, 0.29) is 11.6 Å². The van der Waals surface area contributed by atoms with Crippen molar-refractivity contribution in [2.24, 2.45) is 0 Å². The molecule has 0 radical (unpaired) electrons. The van der Waals surface area contributed by atoms with Gasteiger partial charge in [-0.25, -0.2) is 0 Å². The van der Waals surface area contributed by atoms with Crippen LogP contribution >= 0.6 is 15.9 Å². The van der Waals surface area contributed by atoms with E-state index < -0.39 is 15.2 Å². The fourth-order valence-corrected chi connectivity index (χ4v) is 4.05. The number of nitrogens with zero attached hydrogens (tertiary/aromatic N) is 2. The number of alkyl halides is 1. The van der Waals surface area contributed by atoms with Crippen molar-refractivity contribution in [2.45, 2.75) is 10.2 Å². The zero-order valence-corrected chi connectivity index (χ0v) is 15.4. The summed E-state index contributed by atoms with van der Waals surface area (Å²) in [4.78, 5) is 10.5. The van der Waals surface area contributed by atoms with Crippen LogP contribution in [0.4, 0.5) is 5.69 Å². The van der Waals surface area contributed by atoms with Crippen LogP contribution in [0.1, 0.15) is 17.0 Å². The molecule has 4 rings (SSSR count). The second-order valence-electron chi connectivity index (χ2n) is 6.23. The van der Waals surface area contributed by atoms with Gasteiger partial charge in [0, 0.05) is 17.7 Å². The smallest absolute Gasteiger partial charge is 0.269 e. The van der Waals surface area contributed by atoms with Gasteiger partial charge in [-0.15, -0.1) is 0 Å². The molecule has 0 unspecified atom stereocenters. The molecule has 0 bridgehead atoms. The van der Waals surface area contributed by atoms with Gasteiger partial charge in [0.2, 0.25) is 5.90 Å². The molecule has 1 aliphatic rings. The first-order valence-electron chi connectivity index (χ1n) is 8.09. The van der Waals surface area contributed by atoms with Gasteiger partial charge >= 0.3 is 0 Å². The summed E-state index contributed by atoms with van der Waals surface area (Å²) in [7, 11) is 0. The zero-order chi connectivity index (χ0) is 19.2. The van der Waals surface area contributed by atoms with Gasteiger partial charge < -0.3 is 4.74 Å². The molecule has 1 aliphatic heterocycles. The van der Waals surface area contributed by atoms with Crippen molar-refractivity contribution in [2.75, 3.05) is 0 Å². The number of nitriles is 1. The van der Waals surface area contributed by atoms with Crippen molar-refractivity contribution in [3.05, 3.63) is 81.9 Å². The number of fused-ring (bicyclic) bond motifs is 3. The van der Waals surface area contributed by atoms with Crippen LogP contribution in [0.3, 0.4) is 0 Å². The molecule has 1 N–H and O–H groups in total. The van der Waals surface area contributed by atoms with Crippen molar-refractivity contribution >= 4 is 38.3 Å². The quantitative estimate of drug-likeness (QED) is 0.360. The summed E-state index contributed by atoms with van der Waals surface area (Å²) in [6, 6.07) is 19.6. The fraction of sp³-hybridized carbons (Fsp3) is 0.100. The lowest BCUT2D eigenvalue weighted by molar-refractivity contribution is -0.384. The molecule has 1 heterocycles. The lowest BCUT2D eigenvalue weighted by atomic mass is 9.77. The Hall–Kier alpha value is -3.24. The number of halogens is 1. The maximum Gasteiger partial charge on any atom is 0.269 e. The van der Waals surface area contributed by atoms with Crippen LogP contribution in [0.5, 0.6) is 5.75 Å². The van der Waals surface area contributed by atoms with E-state index in [0.717, 1.165) is 16.3 Å². The summed E-state index contributed by atoms with van der Waals surface area (Å²) in [6.45, 7) is 0. The largest absolute Gasteiger partial charge is 0.441 e. The predicted octanol–water partition coefficient (Wildman–Crippen LogP) is 4.91. The molecule has 0 amide bonds. The summed E-state index contributed by atoms with van der Waals surface area (Å²) in [5, 5.41) is 31.0. The van der Waals surface area contributed by atoms with Crippen molar-refractivity contribution in [1.29, 1.82) is 10.7 Å². The van der Waals surface area contributed by atoms with E-state index in [1.54, 1.807) is 18.2 Å². The number of hydrogen-bond acceptors (Lipinski definition) is 5. The summed E-state index contributed by atoms with van der Waals surface area (Å²) in [5.74, 6) is -0.269. The first-order chi connectivity index (χ1) is 13.0. The highest BCUT2D eigenvalue weighted by molar-refractivity contribution is 9.10. The monoisotopic (exact) mass is 421 g/mol. The standard InChI is InChI=1S/C20H12BrN3O3/c21-20(11-22)18(13-5-8-14(9-6-13)24(25)26)17-15-4-2-1-3-12(15)7-10-16(17)27-19(20)23/h1-10,18,23H/t18-,20+/m0/s1. The summed E-state index contributed by atoms with van der Waals surface area (Å²) in [5.41, 5.74) is 1.43. The number of non-ortho nitro benzene ring substituents is 1. The Kier molecular flexibility index (Phi) is 3.93. The van der Waals surface area contributed by atoms with E-state index in [1.807, 2.05) is 30.3 Å². The Morgan fingerprint density at radius 1 is 1.15 bits per heavy atom. The first-order valence-corrected chi connectivity index (χ1v) is 8.88. The maximum atomic E-state index is 11.0. The van der Waals surface area contributed by atoms with Gasteiger partial charge in [0.25, 0.3) is 5.69 Å². The van der Waals surface area contributed by atoms with Gasteiger partial charge in [0.1, 0.15) is 5.75 Å². The second kappa shape index (κ2) is 6.18. The molecule has 0 aliphatic carbocycles. The van der Waals surface area contributed by atoms with E-state index in [0.29, 0.717) is 11.3 Å². The SMILES string of the molecule is N#C[C@]1(Br)C(=N)Oc2ccc3ccccc3c2[C@@H]1c1ccc([N+](=O)[O-])cc1. The third kappa shape index (κ3) is 2.57. The minimum absolute atomic E-state index is 0.0313. The number of nitro groups is 1. The second-order valence-corrected chi connectivity index (χ2v) is 7.49. The molecule has 3 aromatic rings. The first kappa shape index (κ1) is 17.2. The van der Waals surface area contributed by atoms with Gasteiger partial charge in [-0.05, 0) is 22.4 Å². The molecule has 7 heteroatoms. The highest BCUT2D eigenvalue weighted by Gasteiger charge is 2.50. The molecule has 0 saturated carbocycles. The van der Waals surface area contributed by atoms with Crippen LogP contribution in [-0.2, 0) is 0 Å². The van der Waals surface area contributed by atoms with Crippen molar-refractivity contribution in [3.8, 4) is 11.8 Å². The molecule has 6 nitrogen and oxygen atoms in total. The van der Waals surface area contributed by atoms with E-state index in [2.05, 4.69) is 22.0 Å². The van der Waals surface area contributed by atoms with Gasteiger partial charge in [-0.1, -0.05) is 58.4 Å². The molecule has 2 atom stereocenters. The van der Waals surface area contributed by atoms with Crippen LogP contribution in [0.15, 0.2) is 60.7 Å². The molecule has 132 valence electrons. The van der Waals surface area contributed by atoms with Crippen molar-refractivity contribution in [1.82, 2.24) is 0 Å². The molecular formula is C20H12BrN3O3. The summed E-state index contributed by atoms with van der Waals surface area (Å²) < 4.78 is 4.25. The molecular weight excluding hydrogens is 410 g/mol. The minimum Gasteiger partial charge on any atom is -0.441 e. The van der Waals surface area contributed by atoms with Crippen LogP contribution in [0.2, 0.25) is 0 Å². The number of ether oxygens (including phenoxy) is 1.